The van der Waals surface area contributed by atoms with Crippen molar-refractivity contribution in [2.45, 2.75) is 52.4 Å². The number of nitrogens with zero attached hydrogens (tertiary/aromatic N) is 5. The van der Waals surface area contributed by atoms with E-state index in [4.69, 9.17) is 4.74 Å². The van der Waals surface area contributed by atoms with Crippen molar-refractivity contribution in [1.29, 1.82) is 0 Å². The minimum Gasteiger partial charge on any atom is -0.495 e. The number of aliphatic imine (C=N–C) groups is 1. The Morgan fingerprint density at radius 1 is 1.22 bits per heavy atom. The number of amides is 1. The van der Waals surface area contributed by atoms with Crippen molar-refractivity contribution in [2.75, 3.05) is 20.2 Å². The first kappa shape index (κ1) is 25.4. The van der Waals surface area contributed by atoms with Gasteiger partial charge in [0, 0.05) is 25.0 Å². The minimum atomic E-state index is -0.0919. The molecule has 8 heteroatoms. The van der Waals surface area contributed by atoms with Gasteiger partial charge in [0.2, 0.25) is 6.41 Å². The maximum Gasteiger partial charge on any atom is 0.234 e. The zero-order valence-electron chi connectivity index (χ0n) is 21.3. The third kappa shape index (κ3) is 5.75. The SMILES string of the molecule is CCCN(C1=CC=C(F)CCC1)N1CCC/C(=C\c2ccc(-n3cnc(C)c3)c(OC)c2)C1=NC=O. The maximum atomic E-state index is 13.9. The first-order valence-electron chi connectivity index (χ1n) is 12.6. The van der Waals surface area contributed by atoms with Crippen LogP contribution in [0.25, 0.3) is 11.8 Å². The molecule has 0 atom stereocenters. The molecule has 190 valence electrons. The highest BCUT2D eigenvalue weighted by Gasteiger charge is 2.28. The average Bonchev–Trinajstić information content (AvgIpc) is 3.20. The van der Waals surface area contributed by atoms with Gasteiger partial charge in [0.25, 0.3) is 0 Å². The number of halogens is 1. The largest absolute Gasteiger partial charge is 0.495 e. The fourth-order valence-electron chi connectivity index (χ4n) is 4.76. The summed E-state index contributed by atoms with van der Waals surface area (Å²) in [5.41, 5.74) is 4.83. The molecule has 0 bridgehead atoms. The molecular formula is C28H34FN5O2. The first-order valence-corrected chi connectivity index (χ1v) is 12.6. The van der Waals surface area contributed by atoms with Crippen molar-refractivity contribution >= 4 is 18.3 Å². The molecule has 2 heterocycles. The molecule has 0 radical (unpaired) electrons. The smallest absolute Gasteiger partial charge is 0.234 e. The van der Waals surface area contributed by atoms with E-state index in [1.54, 1.807) is 19.5 Å². The van der Waals surface area contributed by atoms with Gasteiger partial charge >= 0.3 is 0 Å². The number of aromatic nitrogens is 2. The number of benzene rings is 1. The molecule has 36 heavy (non-hydrogen) atoms. The second-order valence-electron chi connectivity index (χ2n) is 9.06. The van der Waals surface area contributed by atoms with Crippen LogP contribution >= 0.6 is 0 Å². The summed E-state index contributed by atoms with van der Waals surface area (Å²) in [5.74, 6) is 1.28. The van der Waals surface area contributed by atoms with Crippen molar-refractivity contribution in [3.63, 3.8) is 0 Å². The van der Waals surface area contributed by atoms with Crippen LogP contribution in [0.5, 0.6) is 5.75 Å². The van der Waals surface area contributed by atoms with E-state index in [9.17, 15) is 9.18 Å². The van der Waals surface area contributed by atoms with E-state index in [1.807, 2.05) is 42.0 Å². The van der Waals surface area contributed by atoms with Crippen molar-refractivity contribution in [2.24, 2.45) is 4.99 Å². The summed E-state index contributed by atoms with van der Waals surface area (Å²) in [6.45, 7) is 5.58. The molecular weight excluding hydrogens is 457 g/mol. The molecule has 0 saturated carbocycles. The Kier molecular flexibility index (Phi) is 8.36. The number of ether oxygens (including phenoxy) is 1. The van der Waals surface area contributed by atoms with E-state index in [1.165, 1.54) is 0 Å². The van der Waals surface area contributed by atoms with E-state index in [-0.39, 0.29) is 5.83 Å². The third-order valence-corrected chi connectivity index (χ3v) is 6.42. The van der Waals surface area contributed by atoms with Crippen LogP contribution in [0.1, 0.15) is 56.7 Å². The monoisotopic (exact) mass is 491 g/mol. The van der Waals surface area contributed by atoms with Gasteiger partial charge in [-0.1, -0.05) is 13.0 Å². The second-order valence-corrected chi connectivity index (χ2v) is 9.06. The van der Waals surface area contributed by atoms with Crippen LogP contribution in [0.15, 0.2) is 65.0 Å². The molecule has 0 spiro atoms. The fraction of sp³-hybridized carbons (Fsp3) is 0.393. The van der Waals surface area contributed by atoms with Gasteiger partial charge in [0.15, 0.2) is 5.84 Å². The fourth-order valence-corrected chi connectivity index (χ4v) is 4.76. The standard InChI is InChI=1S/C28H34FN5O2/c1-4-14-33(25-9-5-8-24(29)11-12-25)34-15-6-7-23(28(34)31-20-35)16-22-10-13-26(27(17-22)36-3)32-18-21(2)30-19-32/h10-13,16-20H,4-9,14-15H2,1-3H3/b23-16+,31-28?. The van der Waals surface area contributed by atoms with Crippen molar-refractivity contribution in [3.8, 4) is 11.4 Å². The lowest BCUT2D eigenvalue weighted by Crippen LogP contribution is -2.49. The number of allylic oxidation sites excluding steroid dienone is 4. The molecule has 0 unspecified atom stereocenters. The van der Waals surface area contributed by atoms with Gasteiger partial charge in [-0.05, 0) is 86.9 Å². The van der Waals surface area contributed by atoms with Crippen molar-refractivity contribution < 1.29 is 13.9 Å². The Morgan fingerprint density at radius 3 is 2.81 bits per heavy atom. The highest BCUT2D eigenvalue weighted by atomic mass is 19.1. The number of aryl methyl sites for hydroxylation is 1. The molecule has 0 N–H and O–H groups in total. The lowest BCUT2D eigenvalue weighted by molar-refractivity contribution is -0.106. The number of carbonyl (C=O) groups is 1. The summed E-state index contributed by atoms with van der Waals surface area (Å²) in [4.78, 5) is 20.2. The number of hydrogen-bond donors (Lipinski definition) is 0. The Hall–Kier alpha value is -3.68. The topological polar surface area (TPSA) is 63.0 Å². The number of piperidine rings is 1. The molecule has 1 aliphatic heterocycles. The van der Waals surface area contributed by atoms with Crippen LogP contribution in [-0.4, -0.2) is 52.0 Å². The summed E-state index contributed by atoms with van der Waals surface area (Å²) >= 11 is 0. The van der Waals surface area contributed by atoms with Crippen LogP contribution in [0, 0.1) is 6.92 Å². The number of methoxy groups -OCH3 is 1. The minimum absolute atomic E-state index is 0.0919. The molecule has 2 aromatic rings. The summed E-state index contributed by atoms with van der Waals surface area (Å²) in [5, 5.41) is 4.27. The summed E-state index contributed by atoms with van der Waals surface area (Å²) in [7, 11) is 1.65. The molecule has 1 saturated heterocycles. The van der Waals surface area contributed by atoms with Gasteiger partial charge in [0.1, 0.15) is 5.75 Å². The third-order valence-electron chi connectivity index (χ3n) is 6.42. The number of rotatable bonds is 8. The highest BCUT2D eigenvalue weighted by Crippen LogP contribution is 2.30. The Balaban J connectivity index is 1.68. The zero-order chi connectivity index (χ0) is 25.5. The zero-order valence-corrected chi connectivity index (χ0v) is 21.3. The van der Waals surface area contributed by atoms with Crippen molar-refractivity contribution in [3.05, 3.63) is 71.2 Å². The van der Waals surface area contributed by atoms with Crippen LogP contribution in [0.4, 0.5) is 4.39 Å². The maximum absolute atomic E-state index is 13.9. The average molecular weight is 492 g/mol. The lowest BCUT2D eigenvalue weighted by Gasteiger charge is -2.42. The molecule has 1 aromatic carbocycles. The van der Waals surface area contributed by atoms with Gasteiger partial charge in [-0.15, -0.1) is 0 Å². The van der Waals surface area contributed by atoms with E-state index < -0.39 is 0 Å². The number of hydrazine groups is 1. The molecule has 1 fully saturated rings. The van der Waals surface area contributed by atoms with E-state index >= 15 is 0 Å². The van der Waals surface area contributed by atoms with Gasteiger partial charge in [-0.2, -0.15) is 4.99 Å². The van der Waals surface area contributed by atoms with Crippen LogP contribution < -0.4 is 4.74 Å². The molecule has 4 rings (SSSR count). The van der Waals surface area contributed by atoms with Crippen LogP contribution in [0.2, 0.25) is 0 Å². The molecule has 1 aliphatic carbocycles. The lowest BCUT2D eigenvalue weighted by atomic mass is 10.0. The van der Waals surface area contributed by atoms with Gasteiger partial charge in [-0.25, -0.2) is 9.37 Å². The molecule has 1 amide bonds. The Bertz CT molecular complexity index is 1210. The quantitative estimate of drug-likeness (QED) is 0.439. The normalized spacial score (nSPS) is 18.6. The number of carbonyl (C=O) groups excluding carboxylic acids is 1. The van der Waals surface area contributed by atoms with Crippen LogP contribution in [-0.2, 0) is 4.79 Å². The Labute approximate surface area is 212 Å². The van der Waals surface area contributed by atoms with E-state index in [0.29, 0.717) is 18.7 Å². The predicted molar refractivity (Wildman–Crippen MR) is 140 cm³/mol. The van der Waals surface area contributed by atoms with Gasteiger partial charge < -0.3 is 9.30 Å². The number of hydrogen-bond acceptors (Lipinski definition) is 4. The second kappa shape index (κ2) is 11.8. The molecule has 7 nitrogen and oxygen atoms in total. The number of amidine groups is 1. The van der Waals surface area contributed by atoms with Gasteiger partial charge in [0.05, 0.1) is 30.6 Å². The molecule has 1 aromatic heterocycles. The van der Waals surface area contributed by atoms with Crippen LogP contribution in [0.3, 0.4) is 0 Å². The first-order chi connectivity index (χ1) is 17.5. The van der Waals surface area contributed by atoms with Crippen molar-refractivity contribution in [1.82, 2.24) is 19.6 Å². The highest BCUT2D eigenvalue weighted by molar-refractivity contribution is 6.05. The van der Waals surface area contributed by atoms with E-state index in [0.717, 1.165) is 79.2 Å². The predicted octanol–water partition coefficient (Wildman–Crippen LogP) is 5.77. The summed E-state index contributed by atoms with van der Waals surface area (Å²) in [6, 6.07) is 6.02. The Morgan fingerprint density at radius 2 is 2.08 bits per heavy atom. The molecule has 2 aliphatic rings. The number of imidazole rings is 1. The van der Waals surface area contributed by atoms with E-state index in [2.05, 4.69) is 33.0 Å². The summed E-state index contributed by atoms with van der Waals surface area (Å²) < 4.78 is 21.5. The summed E-state index contributed by atoms with van der Waals surface area (Å²) in [6.07, 6.45) is 14.5. The van der Waals surface area contributed by atoms with Gasteiger partial charge in [-0.3, -0.25) is 14.8 Å².